The van der Waals surface area contributed by atoms with Crippen molar-refractivity contribution in [3.63, 3.8) is 0 Å². The van der Waals surface area contributed by atoms with Crippen LogP contribution in [0.25, 0.3) is 10.2 Å². The Morgan fingerprint density at radius 1 is 1.26 bits per heavy atom. The third-order valence-corrected chi connectivity index (χ3v) is 5.62. The Labute approximate surface area is 161 Å². The summed E-state index contributed by atoms with van der Waals surface area (Å²) in [7, 11) is -3.79. The molecule has 27 heavy (non-hydrogen) atoms. The monoisotopic (exact) mass is 405 g/mol. The summed E-state index contributed by atoms with van der Waals surface area (Å²) in [5, 5.41) is 8.25. The van der Waals surface area contributed by atoms with Crippen LogP contribution < -0.4 is 15.2 Å². The summed E-state index contributed by atoms with van der Waals surface area (Å²) in [5.74, 6) is 0.319. The van der Waals surface area contributed by atoms with Gasteiger partial charge in [-0.15, -0.1) is 0 Å². The molecule has 0 atom stereocenters. The molecule has 0 aliphatic rings. The zero-order valence-corrected chi connectivity index (χ0v) is 16.3. The van der Waals surface area contributed by atoms with Crippen molar-refractivity contribution in [1.82, 2.24) is 4.98 Å². The largest absolute Gasteiger partial charge is 0.494 e. The fourth-order valence-corrected chi connectivity index (χ4v) is 3.88. The van der Waals surface area contributed by atoms with Crippen LogP contribution in [-0.2, 0) is 10.0 Å². The number of unbranched alkanes of at least 4 members (excludes halogenated alkanes) is 1. The SMILES string of the molecule is CCCCOc1cccc(C(=O)Nc2nc3ccc(S(N)(=O)=O)cc3s2)c1. The predicted molar refractivity (Wildman–Crippen MR) is 106 cm³/mol. The Kier molecular flexibility index (Phi) is 5.73. The lowest BCUT2D eigenvalue weighted by Gasteiger charge is -2.07. The molecule has 1 heterocycles. The molecule has 1 aromatic heterocycles. The molecule has 0 saturated carbocycles. The smallest absolute Gasteiger partial charge is 0.257 e. The van der Waals surface area contributed by atoms with Gasteiger partial charge in [-0.3, -0.25) is 10.1 Å². The number of benzene rings is 2. The van der Waals surface area contributed by atoms with Gasteiger partial charge < -0.3 is 4.74 Å². The van der Waals surface area contributed by atoms with Gasteiger partial charge in [0.05, 0.1) is 21.7 Å². The van der Waals surface area contributed by atoms with E-state index in [1.54, 1.807) is 30.3 Å². The first-order valence-corrected chi connectivity index (χ1v) is 10.7. The number of fused-ring (bicyclic) bond motifs is 1. The van der Waals surface area contributed by atoms with Gasteiger partial charge >= 0.3 is 0 Å². The molecule has 142 valence electrons. The standard InChI is InChI=1S/C18H19N3O4S2/c1-2-3-9-25-13-6-4-5-12(10-13)17(22)21-18-20-15-8-7-14(27(19,23)24)11-16(15)26-18/h4-8,10-11H,2-3,9H2,1H3,(H2,19,23,24)(H,20,21,22). The molecule has 0 radical (unpaired) electrons. The topological polar surface area (TPSA) is 111 Å². The molecule has 2 aromatic carbocycles. The number of anilines is 1. The van der Waals surface area contributed by atoms with Crippen molar-refractivity contribution >= 4 is 42.6 Å². The van der Waals surface area contributed by atoms with Gasteiger partial charge in [0, 0.05) is 5.56 Å². The number of hydrogen-bond donors (Lipinski definition) is 2. The number of nitrogens with one attached hydrogen (secondary N) is 1. The van der Waals surface area contributed by atoms with Crippen LogP contribution in [0.15, 0.2) is 47.4 Å². The van der Waals surface area contributed by atoms with E-state index in [9.17, 15) is 13.2 Å². The lowest BCUT2D eigenvalue weighted by atomic mass is 10.2. The number of aromatic nitrogens is 1. The molecule has 3 N–H and O–H groups in total. The van der Waals surface area contributed by atoms with Gasteiger partial charge in [-0.05, 0) is 42.8 Å². The van der Waals surface area contributed by atoms with Crippen molar-refractivity contribution in [1.29, 1.82) is 0 Å². The highest BCUT2D eigenvalue weighted by Crippen LogP contribution is 2.28. The van der Waals surface area contributed by atoms with Gasteiger partial charge in [0.2, 0.25) is 10.0 Å². The fraction of sp³-hybridized carbons (Fsp3) is 0.222. The Hall–Kier alpha value is -2.49. The highest BCUT2D eigenvalue weighted by molar-refractivity contribution is 7.89. The molecule has 0 spiro atoms. The Balaban J connectivity index is 1.77. The normalized spacial score (nSPS) is 11.5. The molecule has 0 saturated heterocycles. The van der Waals surface area contributed by atoms with Gasteiger partial charge in [-0.2, -0.15) is 0 Å². The Morgan fingerprint density at radius 3 is 2.81 bits per heavy atom. The van der Waals surface area contributed by atoms with Crippen LogP contribution in [-0.4, -0.2) is 25.9 Å². The van der Waals surface area contributed by atoms with Gasteiger partial charge in [0.15, 0.2) is 5.13 Å². The maximum Gasteiger partial charge on any atom is 0.257 e. The number of amides is 1. The third-order valence-electron chi connectivity index (χ3n) is 3.77. The lowest BCUT2D eigenvalue weighted by Crippen LogP contribution is -2.11. The average molecular weight is 406 g/mol. The number of primary sulfonamides is 1. The number of sulfonamides is 1. The van der Waals surface area contributed by atoms with Crippen molar-refractivity contribution in [2.45, 2.75) is 24.7 Å². The number of carbonyl (C=O) groups is 1. The summed E-state index contributed by atoms with van der Waals surface area (Å²) >= 11 is 1.18. The third kappa shape index (κ3) is 4.82. The summed E-state index contributed by atoms with van der Waals surface area (Å²) < 4.78 is 29.1. The summed E-state index contributed by atoms with van der Waals surface area (Å²) in [6.45, 7) is 2.68. The molecule has 0 fully saturated rings. The first kappa shape index (κ1) is 19.3. The molecule has 7 nitrogen and oxygen atoms in total. The summed E-state index contributed by atoms with van der Waals surface area (Å²) in [5.41, 5.74) is 1.04. The van der Waals surface area contributed by atoms with Crippen LogP contribution in [0.1, 0.15) is 30.1 Å². The summed E-state index contributed by atoms with van der Waals surface area (Å²) in [6, 6.07) is 11.3. The second-order valence-corrected chi connectivity index (χ2v) is 8.47. The molecule has 0 unspecified atom stereocenters. The highest BCUT2D eigenvalue weighted by Gasteiger charge is 2.13. The van der Waals surface area contributed by atoms with Crippen LogP contribution >= 0.6 is 11.3 Å². The summed E-state index contributed by atoms with van der Waals surface area (Å²) in [6.07, 6.45) is 1.98. The van der Waals surface area contributed by atoms with Crippen LogP contribution in [0.5, 0.6) is 5.75 Å². The highest BCUT2D eigenvalue weighted by atomic mass is 32.2. The zero-order valence-electron chi connectivity index (χ0n) is 14.6. The minimum atomic E-state index is -3.79. The van der Waals surface area contributed by atoms with E-state index in [1.165, 1.54) is 23.5 Å². The predicted octanol–water partition coefficient (Wildman–Crippen LogP) is 3.37. The maximum absolute atomic E-state index is 12.5. The van der Waals surface area contributed by atoms with Crippen LogP contribution in [0.3, 0.4) is 0 Å². The second kappa shape index (κ2) is 8.03. The van der Waals surface area contributed by atoms with Gasteiger partial charge in [0.25, 0.3) is 5.91 Å². The number of nitrogens with two attached hydrogens (primary N) is 1. The minimum Gasteiger partial charge on any atom is -0.494 e. The van der Waals surface area contributed by atoms with Crippen molar-refractivity contribution < 1.29 is 17.9 Å². The van der Waals surface area contributed by atoms with Crippen LogP contribution in [0.4, 0.5) is 5.13 Å². The molecule has 3 aromatic rings. The second-order valence-electron chi connectivity index (χ2n) is 5.88. The molecular weight excluding hydrogens is 386 g/mol. The van der Waals surface area contributed by atoms with E-state index < -0.39 is 10.0 Å². The molecule has 3 rings (SSSR count). The Bertz CT molecular complexity index is 1080. The van der Waals surface area contributed by atoms with Crippen LogP contribution in [0, 0.1) is 0 Å². The molecule has 0 bridgehead atoms. The molecule has 0 aliphatic heterocycles. The molecular formula is C18H19N3O4S2. The van der Waals surface area contributed by atoms with E-state index in [2.05, 4.69) is 17.2 Å². The van der Waals surface area contributed by atoms with E-state index in [0.29, 0.717) is 33.3 Å². The first-order chi connectivity index (χ1) is 12.9. The summed E-state index contributed by atoms with van der Waals surface area (Å²) in [4.78, 5) is 16.8. The number of rotatable bonds is 7. The van der Waals surface area contributed by atoms with Crippen molar-refractivity contribution in [3.05, 3.63) is 48.0 Å². The Morgan fingerprint density at radius 2 is 2.07 bits per heavy atom. The van der Waals surface area contributed by atoms with Gasteiger partial charge in [-0.25, -0.2) is 18.5 Å². The van der Waals surface area contributed by atoms with E-state index in [0.717, 1.165) is 12.8 Å². The minimum absolute atomic E-state index is 0.00783. The number of carbonyl (C=O) groups excluding carboxylic acids is 1. The average Bonchev–Trinajstić information content (AvgIpc) is 3.03. The number of hydrogen-bond acceptors (Lipinski definition) is 6. The van der Waals surface area contributed by atoms with Gasteiger partial charge in [-0.1, -0.05) is 30.7 Å². The zero-order chi connectivity index (χ0) is 19.4. The van der Waals surface area contributed by atoms with Crippen LogP contribution in [0.2, 0.25) is 0 Å². The first-order valence-electron chi connectivity index (χ1n) is 8.34. The van der Waals surface area contributed by atoms with E-state index >= 15 is 0 Å². The van der Waals surface area contributed by atoms with Crippen molar-refractivity contribution in [2.24, 2.45) is 5.14 Å². The van der Waals surface area contributed by atoms with E-state index in [4.69, 9.17) is 9.88 Å². The number of ether oxygens (including phenoxy) is 1. The van der Waals surface area contributed by atoms with E-state index in [-0.39, 0.29) is 10.8 Å². The van der Waals surface area contributed by atoms with Crippen molar-refractivity contribution in [2.75, 3.05) is 11.9 Å². The molecule has 0 aliphatic carbocycles. The quantitative estimate of drug-likeness (QED) is 0.585. The van der Waals surface area contributed by atoms with Crippen molar-refractivity contribution in [3.8, 4) is 5.75 Å². The number of nitrogens with zero attached hydrogens (tertiary/aromatic N) is 1. The fourth-order valence-electron chi connectivity index (χ4n) is 2.37. The maximum atomic E-state index is 12.5. The lowest BCUT2D eigenvalue weighted by molar-refractivity contribution is 0.102. The van der Waals surface area contributed by atoms with Gasteiger partial charge in [0.1, 0.15) is 5.75 Å². The van der Waals surface area contributed by atoms with E-state index in [1.807, 2.05) is 0 Å². The number of thiazole rings is 1. The molecule has 1 amide bonds. The molecule has 9 heteroatoms.